The van der Waals surface area contributed by atoms with E-state index in [1.807, 2.05) is 26.0 Å². The fourth-order valence-electron chi connectivity index (χ4n) is 1.38. The van der Waals surface area contributed by atoms with Gasteiger partial charge in [0.05, 0.1) is 6.04 Å². The van der Waals surface area contributed by atoms with E-state index in [1.54, 1.807) is 11.9 Å². The molecule has 0 radical (unpaired) electrons. The molecule has 1 atom stereocenters. The van der Waals surface area contributed by atoms with Gasteiger partial charge >= 0.3 is 6.03 Å². The Balaban J connectivity index is 2.62. The van der Waals surface area contributed by atoms with E-state index in [1.165, 1.54) is 5.56 Å². The van der Waals surface area contributed by atoms with E-state index in [9.17, 15) is 4.79 Å². The highest BCUT2D eigenvalue weighted by molar-refractivity contribution is 5.74. The summed E-state index contributed by atoms with van der Waals surface area (Å²) in [6.45, 7) is 6.71. The Bertz CT molecular complexity index is 345. The minimum Gasteiger partial charge on any atom is -0.331 e. The molecule has 0 saturated heterocycles. The number of benzene rings is 1. The number of amides is 2. The number of aryl methyl sites for hydroxylation is 1. The molecule has 0 bridgehead atoms. The standard InChI is InChI=1S/C13H20N2O/c1-5-15(4)13(16)14-11(3)12-8-6-10(2)7-9-12/h6-9,11H,5H2,1-4H3,(H,14,16). The minimum absolute atomic E-state index is 0.0319. The van der Waals surface area contributed by atoms with E-state index < -0.39 is 0 Å². The second-order valence-electron chi connectivity index (χ2n) is 4.10. The number of carbonyl (C=O) groups excluding carboxylic acids is 1. The summed E-state index contributed by atoms with van der Waals surface area (Å²) in [5, 5.41) is 2.95. The van der Waals surface area contributed by atoms with Crippen LogP contribution in [0.3, 0.4) is 0 Å². The first-order valence-corrected chi connectivity index (χ1v) is 5.62. The maximum absolute atomic E-state index is 11.6. The highest BCUT2D eigenvalue weighted by Gasteiger charge is 2.11. The van der Waals surface area contributed by atoms with Gasteiger partial charge in [-0.05, 0) is 26.3 Å². The molecule has 0 aromatic heterocycles. The lowest BCUT2D eigenvalue weighted by atomic mass is 10.1. The normalized spacial score (nSPS) is 12.0. The summed E-state index contributed by atoms with van der Waals surface area (Å²) in [5.41, 5.74) is 2.36. The first-order chi connectivity index (χ1) is 7.54. The number of rotatable bonds is 3. The Morgan fingerprint density at radius 1 is 1.38 bits per heavy atom. The molecule has 0 heterocycles. The molecule has 1 aromatic rings. The molecule has 88 valence electrons. The Morgan fingerprint density at radius 2 is 1.94 bits per heavy atom. The Kier molecular flexibility index (Phi) is 4.35. The molecule has 0 fully saturated rings. The van der Waals surface area contributed by atoms with Crippen LogP contribution in [-0.2, 0) is 0 Å². The molecule has 1 aromatic carbocycles. The van der Waals surface area contributed by atoms with Crippen LogP contribution in [0.4, 0.5) is 4.79 Å². The van der Waals surface area contributed by atoms with Crippen molar-refractivity contribution >= 4 is 6.03 Å². The maximum Gasteiger partial charge on any atom is 0.317 e. The van der Waals surface area contributed by atoms with Crippen LogP contribution in [0.1, 0.15) is 31.0 Å². The maximum atomic E-state index is 11.6. The Hall–Kier alpha value is -1.51. The van der Waals surface area contributed by atoms with Gasteiger partial charge in [-0.15, -0.1) is 0 Å². The fraction of sp³-hybridized carbons (Fsp3) is 0.462. The summed E-state index contributed by atoms with van der Waals surface area (Å²) in [5.74, 6) is 0. The van der Waals surface area contributed by atoms with Crippen LogP contribution in [0.2, 0.25) is 0 Å². The molecule has 2 amide bonds. The minimum atomic E-state index is -0.0319. The van der Waals surface area contributed by atoms with E-state index >= 15 is 0 Å². The zero-order valence-corrected chi connectivity index (χ0v) is 10.4. The van der Waals surface area contributed by atoms with Crippen LogP contribution in [0, 0.1) is 6.92 Å². The molecule has 1 N–H and O–H groups in total. The fourth-order valence-corrected chi connectivity index (χ4v) is 1.38. The van der Waals surface area contributed by atoms with Gasteiger partial charge in [0.1, 0.15) is 0 Å². The molecule has 1 rings (SSSR count). The third-order valence-electron chi connectivity index (χ3n) is 2.74. The van der Waals surface area contributed by atoms with Gasteiger partial charge in [0.25, 0.3) is 0 Å². The topological polar surface area (TPSA) is 32.3 Å². The third-order valence-corrected chi connectivity index (χ3v) is 2.74. The van der Waals surface area contributed by atoms with Gasteiger partial charge in [-0.2, -0.15) is 0 Å². The summed E-state index contributed by atoms with van der Waals surface area (Å²) >= 11 is 0. The van der Waals surface area contributed by atoms with Gasteiger partial charge in [0.15, 0.2) is 0 Å². The molecule has 3 heteroatoms. The van der Waals surface area contributed by atoms with Crippen LogP contribution in [-0.4, -0.2) is 24.5 Å². The number of nitrogens with one attached hydrogen (secondary N) is 1. The van der Waals surface area contributed by atoms with Gasteiger partial charge in [0.2, 0.25) is 0 Å². The van der Waals surface area contributed by atoms with E-state index in [0.717, 1.165) is 5.56 Å². The molecule has 3 nitrogen and oxygen atoms in total. The van der Waals surface area contributed by atoms with Crippen LogP contribution in [0.5, 0.6) is 0 Å². The lowest BCUT2D eigenvalue weighted by molar-refractivity contribution is 0.208. The molecule has 0 saturated carbocycles. The highest BCUT2D eigenvalue weighted by Crippen LogP contribution is 2.13. The lowest BCUT2D eigenvalue weighted by Gasteiger charge is -2.20. The largest absolute Gasteiger partial charge is 0.331 e. The number of carbonyl (C=O) groups is 1. The van der Waals surface area contributed by atoms with Gasteiger partial charge in [0, 0.05) is 13.6 Å². The van der Waals surface area contributed by atoms with Crippen molar-refractivity contribution < 1.29 is 4.79 Å². The van der Waals surface area contributed by atoms with Crippen LogP contribution >= 0.6 is 0 Å². The zero-order valence-electron chi connectivity index (χ0n) is 10.4. The van der Waals surface area contributed by atoms with E-state index in [2.05, 4.69) is 24.4 Å². The number of nitrogens with zero attached hydrogens (tertiary/aromatic N) is 1. The second-order valence-corrected chi connectivity index (χ2v) is 4.10. The second kappa shape index (κ2) is 5.54. The first kappa shape index (κ1) is 12.6. The van der Waals surface area contributed by atoms with E-state index in [-0.39, 0.29) is 12.1 Å². The summed E-state index contributed by atoms with van der Waals surface area (Å²) in [7, 11) is 1.79. The molecular weight excluding hydrogens is 200 g/mol. The predicted molar refractivity (Wildman–Crippen MR) is 66.4 cm³/mol. The smallest absolute Gasteiger partial charge is 0.317 e. The average Bonchev–Trinajstić information content (AvgIpc) is 2.28. The van der Waals surface area contributed by atoms with Crippen LogP contribution in [0.15, 0.2) is 24.3 Å². The van der Waals surface area contributed by atoms with Crippen molar-refractivity contribution in [3.05, 3.63) is 35.4 Å². The molecule has 0 aliphatic carbocycles. The van der Waals surface area contributed by atoms with Gasteiger partial charge in [-0.3, -0.25) is 0 Å². The monoisotopic (exact) mass is 220 g/mol. The SMILES string of the molecule is CCN(C)C(=O)NC(C)c1ccc(C)cc1. The Labute approximate surface area is 97.5 Å². The average molecular weight is 220 g/mol. The third kappa shape index (κ3) is 3.26. The Morgan fingerprint density at radius 3 is 2.44 bits per heavy atom. The molecular formula is C13H20N2O. The van der Waals surface area contributed by atoms with Crippen molar-refractivity contribution in [1.82, 2.24) is 10.2 Å². The summed E-state index contributed by atoms with van der Waals surface area (Å²) in [6, 6.07) is 8.22. The van der Waals surface area contributed by atoms with Crippen molar-refractivity contribution in [2.45, 2.75) is 26.8 Å². The van der Waals surface area contributed by atoms with Crippen molar-refractivity contribution in [2.75, 3.05) is 13.6 Å². The van der Waals surface area contributed by atoms with E-state index in [0.29, 0.717) is 6.54 Å². The van der Waals surface area contributed by atoms with E-state index in [4.69, 9.17) is 0 Å². The lowest BCUT2D eigenvalue weighted by Crippen LogP contribution is -2.38. The van der Waals surface area contributed by atoms with Gasteiger partial charge in [-0.25, -0.2) is 4.79 Å². The number of urea groups is 1. The number of hydrogen-bond acceptors (Lipinski definition) is 1. The predicted octanol–water partition coefficient (Wildman–Crippen LogP) is 2.72. The van der Waals surface area contributed by atoms with Gasteiger partial charge < -0.3 is 10.2 Å². The summed E-state index contributed by atoms with van der Waals surface area (Å²) in [4.78, 5) is 13.3. The summed E-state index contributed by atoms with van der Waals surface area (Å²) < 4.78 is 0. The molecule has 0 aliphatic rings. The van der Waals surface area contributed by atoms with Crippen LogP contribution < -0.4 is 5.32 Å². The van der Waals surface area contributed by atoms with Crippen molar-refractivity contribution in [1.29, 1.82) is 0 Å². The van der Waals surface area contributed by atoms with Crippen molar-refractivity contribution in [3.63, 3.8) is 0 Å². The molecule has 1 unspecified atom stereocenters. The molecule has 0 spiro atoms. The van der Waals surface area contributed by atoms with Crippen LogP contribution in [0.25, 0.3) is 0 Å². The number of hydrogen-bond donors (Lipinski definition) is 1. The summed E-state index contributed by atoms with van der Waals surface area (Å²) in [6.07, 6.45) is 0. The molecule has 0 aliphatic heterocycles. The molecule has 16 heavy (non-hydrogen) atoms. The van der Waals surface area contributed by atoms with Gasteiger partial charge in [-0.1, -0.05) is 29.8 Å². The quantitative estimate of drug-likeness (QED) is 0.834. The van der Waals surface area contributed by atoms with Crippen molar-refractivity contribution in [3.8, 4) is 0 Å². The first-order valence-electron chi connectivity index (χ1n) is 5.62. The van der Waals surface area contributed by atoms with Crippen molar-refractivity contribution in [2.24, 2.45) is 0 Å². The highest BCUT2D eigenvalue weighted by atomic mass is 16.2. The zero-order chi connectivity index (χ0) is 12.1.